The summed E-state index contributed by atoms with van der Waals surface area (Å²) < 4.78 is 1.62. The Morgan fingerprint density at radius 2 is 1.90 bits per heavy atom. The number of pyridine rings is 2. The minimum absolute atomic E-state index is 0.153. The summed E-state index contributed by atoms with van der Waals surface area (Å²) in [6.07, 6.45) is 5.08. The van der Waals surface area contributed by atoms with E-state index in [9.17, 15) is 9.59 Å². The summed E-state index contributed by atoms with van der Waals surface area (Å²) in [5.41, 5.74) is 4.35. The lowest BCUT2D eigenvalue weighted by atomic mass is 10.1. The molecule has 7 nitrogen and oxygen atoms in total. The molecular weight excluding hydrogens is 378 g/mol. The molecule has 2 N–H and O–H groups in total. The Hall–Kier alpha value is -4.00. The molecule has 150 valence electrons. The van der Waals surface area contributed by atoms with Gasteiger partial charge < -0.3 is 10.6 Å². The molecule has 3 heterocycles. The lowest BCUT2D eigenvalue weighted by molar-refractivity contribution is 0.0940. The molecule has 0 spiro atoms. The second-order valence-electron chi connectivity index (χ2n) is 7.06. The van der Waals surface area contributed by atoms with E-state index in [1.807, 2.05) is 50.2 Å². The Balaban J connectivity index is 1.62. The first-order chi connectivity index (χ1) is 14.5. The summed E-state index contributed by atoms with van der Waals surface area (Å²) in [6, 6.07) is 14.9. The largest absolute Gasteiger partial charge is 0.345 e. The van der Waals surface area contributed by atoms with Gasteiger partial charge in [0.1, 0.15) is 0 Å². The highest BCUT2D eigenvalue weighted by molar-refractivity contribution is 6.09. The van der Waals surface area contributed by atoms with Crippen molar-refractivity contribution >= 4 is 23.0 Å². The Morgan fingerprint density at radius 3 is 2.70 bits per heavy atom. The van der Waals surface area contributed by atoms with E-state index in [0.29, 0.717) is 12.1 Å². The molecule has 0 atom stereocenters. The van der Waals surface area contributed by atoms with Crippen molar-refractivity contribution in [2.45, 2.75) is 20.4 Å². The predicted octanol–water partition coefficient (Wildman–Crippen LogP) is 3.53. The van der Waals surface area contributed by atoms with Crippen molar-refractivity contribution in [1.82, 2.24) is 19.7 Å². The standard InChI is InChI=1S/C23H21N5O2/c1-15-8-9-16(2)18(12-15)26-22(29)20-19-7-3-4-11-28(19)21(27-20)23(30)25-14-17-6-5-10-24-13-17/h3-13H,14H2,1-2H3,(H,25,30)(H,26,29). The molecule has 0 aliphatic heterocycles. The van der Waals surface area contributed by atoms with Crippen LogP contribution in [0.1, 0.15) is 37.8 Å². The number of nitrogens with zero attached hydrogens (tertiary/aromatic N) is 3. The Labute approximate surface area is 173 Å². The number of carbonyl (C=O) groups is 2. The van der Waals surface area contributed by atoms with Crippen LogP contribution in [0.25, 0.3) is 5.52 Å². The van der Waals surface area contributed by atoms with Gasteiger partial charge in [-0.1, -0.05) is 24.3 Å². The molecule has 4 rings (SSSR count). The summed E-state index contributed by atoms with van der Waals surface area (Å²) in [5.74, 6) is -0.579. The molecule has 2 amide bonds. The van der Waals surface area contributed by atoms with E-state index < -0.39 is 0 Å². The number of carbonyl (C=O) groups excluding carboxylic acids is 2. The quantitative estimate of drug-likeness (QED) is 0.537. The number of nitrogens with one attached hydrogen (secondary N) is 2. The van der Waals surface area contributed by atoms with E-state index in [-0.39, 0.29) is 23.3 Å². The number of amides is 2. The molecule has 0 saturated carbocycles. The van der Waals surface area contributed by atoms with E-state index in [4.69, 9.17) is 0 Å². The molecule has 0 unspecified atom stereocenters. The summed E-state index contributed by atoms with van der Waals surface area (Å²) in [6.45, 7) is 4.21. The third-order valence-corrected chi connectivity index (χ3v) is 4.78. The van der Waals surface area contributed by atoms with Crippen molar-refractivity contribution in [1.29, 1.82) is 0 Å². The lowest BCUT2D eigenvalue weighted by Gasteiger charge is -2.08. The topological polar surface area (TPSA) is 88.4 Å². The average molecular weight is 399 g/mol. The van der Waals surface area contributed by atoms with Crippen molar-refractivity contribution in [3.8, 4) is 0 Å². The van der Waals surface area contributed by atoms with Crippen molar-refractivity contribution in [3.63, 3.8) is 0 Å². The number of anilines is 1. The minimum Gasteiger partial charge on any atom is -0.345 e. The zero-order chi connectivity index (χ0) is 21.1. The molecule has 7 heteroatoms. The summed E-state index contributed by atoms with van der Waals surface area (Å²) in [7, 11) is 0. The van der Waals surface area contributed by atoms with Crippen molar-refractivity contribution in [2.75, 3.05) is 5.32 Å². The van der Waals surface area contributed by atoms with Crippen LogP contribution in [0.5, 0.6) is 0 Å². The zero-order valence-electron chi connectivity index (χ0n) is 16.7. The molecule has 0 aliphatic rings. The maximum atomic E-state index is 13.0. The van der Waals surface area contributed by atoms with Crippen LogP contribution in [0.15, 0.2) is 67.1 Å². The third kappa shape index (κ3) is 3.91. The van der Waals surface area contributed by atoms with E-state index in [1.165, 1.54) is 0 Å². The van der Waals surface area contributed by atoms with Crippen LogP contribution in [-0.4, -0.2) is 26.2 Å². The van der Waals surface area contributed by atoms with Gasteiger partial charge in [-0.15, -0.1) is 0 Å². The Kier molecular flexibility index (Phi) is 5.26. The monoisotopic (exact) mass is 399 g/mol. The maximum absolute atomic E-state index is 13.0. The van der Waals surface area contributed by atoms with Crippen molar-refractivity contribution in [2.24, 2.45) is 0 Å². The van der Waals surface area contributed by atoms with Gasteiger partial charge in [-0.3, -0.25) is 19.0 Å². The van der Waals surface area contributed by atoms with Gasteiger partial charge in [0.25, 0.3) is 11.8 Å². The van der Waals surface area contributed by atoms with Crippen LogP contribution in [0, 0.1) is 13.8 Å². The van der Waals surface area contributed by atoms with Gasteiger partial charge in [0, 0.05) is 30.8 Å². The van der Waals surface area contributed by atoms with Gasteiger partial charge >= 0.3 is 0 Å². The highest BCUT2D eigenvalue weighted by atomic mass is 16.2. The molecule has 1 aromatic carbocycles. The number of rotatable bonds is 5. The molecule has 0 radical (unpaired) electrons. The number of imidazole rings is 1. The van der Waals surface area contributed by atoms with E-state index in [2.05, 4.69) is 20.6 Å². The van der Waals surface area contributed by atoms with Gasteiger partial charge in [0.2, 0.25) is 5.82 Å². The lowest BCUT2D eigenvalue weighted by Crippen LogP contribution is -2.25. The number of aryl methyl sites for hydroxylation is 2. The fraction of sp³-hybridized carbons (Fsp3) is 0.130. The van der Waals surface area contributed by atoms with Crippen LogP contribution in [0.2, 0.25) is 0 Å². The van der Waals surface area contributed by atoms with E-state index in [1.54, 1.807) is 35.1 Å². The molecule has 3 aromatic heterocycles. The Bertz CT molecular complexity index is 1230. The average Bonchev–Trinajstić information content (AvgIpc) is 3.15. The smallest absolute Gasteiger partial charge is 0.287 e. The number of benzene rings is 1. The highest BCUT2D eigenvalue weighted by Gasteiger charge is 2.21. The summed E-state index contributed by atoms with van der Waals surface area (Å²) in [4.78, 5) is 34.2. The second-order valence-corrected chi connectivity index (χ2v) is 7.06. The van der Waals surface area contributed by atoms with Crippen molar-refractivity contribution in [3.05, 3.63) is 95.3 Å². The first-order valence-electron chi connectivity index (χ1n) is 9.56. The van der Waals surface area contributed by atoms with Crippen LogP contribution >= 0.6 is 0 Å². The van der Waals surface area contributed by atoms with E-state index in [0.717, 1.165) is 22.4 Å². The number of hydrogen-bond donors (Lipinski definition) is 2. The predicted molar refractivity (Wildman–Crippen MR) is 114 cm³/mol. The molecule has 0 fully saturated rings. The second kappa shape index (κ2) is 8.16. The normalized spacial score (nSPS) is 10.7. The first kappa shape index (κ1) is 19.3. The number of fused-ring (bicyclic) bond motifs is 1. The van der Waals surface area contributed by atoms with Crippen LogP contribution in [0.4, 0.5) is 5.69 Å². The molecular formula is C23H21N5O2. The van der Waals surface area contributed by atoms with Gasteiger partial charge in [0.05, 0.1) is 5.52 Å². The summed E-state index contributed by atoms with van der Waals surface area (Å²) in [5, 5.41) is 5.75. The van der Waals surface area contributed by atoms with Gasteiger partial charge in [-0.25, -0.2) is 4.98 Å². The Morgan fingerprint density at radius 1 is 1.03 bits per heavy atom. The van der Waals surface area contributed by atoms with Gasteiger partial charge in [0.15, 0.2) is 5.69 Å². The molecule has 30 heavy (non-hydrogen) atoms. The molecule has 0 aliphatic carbocycles. The summed E-state index contributed by atoms with van der Waals surface area (Å²) >= 11 is 0. The zero-order valence-corrected chi connectivity index (χ0v) is 16.7. The van der Waals surface area contributed by atoms with Gasteiger partial charge in [-0.2, -0.15) is 0 Å². The van der Waals surface area contributed by atoms with Crippen LogP contribution in [0.3, 0.4) is 0 Å². The molecule has 0 saturated heterocycles. The fourth-order valence-corrected chi connectivity index (χ4v) is 3.18. The van der Waals surface area contributed by atoms with E-state index >= 15 is 0 Å². The third-order valence-electron chi connectivity index (χ3n) is 4.78. The SMILES string of the molecule is Cc1ccc(C)c(NC(=O)c2nc(C(=O)NCc3cccnc3)n3ccccc23)c1. The molecule has 4 aromatic rings. The van der Waals surface area contributed by atoms with Crippen LogP contribution < -0.4 is 10.6 Å². The maximum Gasteiger partial charge on any atom is 0.287 e. The van der Waals surface area contributed by atoms with Gasteiger partial charge in [-0.05, 0) is 54.8 Å². The first-order valence-corrected chi connectivity index (χ1v) is 9.56. The minimum atomic E-state index is -0.370. The van der Waals surface area contributed by atoms with Crippen LogP contribution in [-0.2, 0) is 6.54 Å². The highest BCUT2D eigenvalue weighted by Crippen LogP contribution is 2.19. The van der Waals surface area contributed by atoms with Crippen molar-refractivity contribution < 1.29 is 9.59 Å². The molecule has 0 bridgehead atoms. The number of aromatic nitrogens is 3. The number of hydrogen-bond acceptors (Lipinski definition) is 4. The fourth-order valence-electron chi connectivity index (χ4n) is 3.18.